The smallest absolute Gasteiger partial charge is 0.407 e. The van der Waals surface area contributed by atoms with Gasteiger partial charge in [0.15, 0.2) is 0 Å². The van der Waals surface area contributed by atoms with Crippen LogP contribution < -0.4 is 10.6 Å². The van der Waals surface area contributed by atoms with E-state index in [1.165, 1.54) is 22.3 Å². The molecule has 2 aromatic carbocycles. The highest BCUT2D eigenvalue weighted by atomic mass is 16.5. The summed E-state index contributed by atoms with van der Waals surface area (Å²) in [6.45, 7) is 0.282. The lowest BCUT2D eigenvalue weighted by Gasteiger charge is -2.36. The van der Waals surface area contributed by atoms with Crippen molar-refractivity contribution in [3.8, 4) is 11.1 Å². The summed E-state index contributed by atoms with van der Waals surface area (Å²) in [5, 5.41) is 15.3. The summed E-state index contributed by atoms with van der Waals surface area (Å²) in [6.07, 6.45) is 4.58. The molecule has 0 aliphatic heterocycles. The molecule has 2 unspecified atom stereocenters. The maximum Gasteiger partial charge on any atom is 0.407 e. The van der Waals surface area contributed by atoms with Gasteiger partial charge in [0.1, 0.15) is 6.61 Å². The maximum absolute atomic E-state index is 12.5. The molecule has 0 radical (unpaired) electrons. The Kier molecular flexibility index (Phi) is 6.75. The molecule has 3 aliphatic rings. The van der Waals surface area contributed by atoms with Gasteiger partial charge in [-0.25, -0.2) is 4.79 Å². The second-order valence-electron chi connectivity index (χ2n) is 10.1. The number of carbonyl (C=O) groups is 3. The molecule has 0 heterocycles. The van der Waals surface area contributed by atoms with Crippen LogP contribution in [-0.4, -0.2) is 41.8 Å². The van der Waals surface area contributed by atoms with Crippen LogP contribution in [0, 0.1) is 11.8 Å². The van der Waals surface area contributed by atoms with Crippen molar-refractivity contribution in [3.05, 3.63) is 59.7 Å². The SMILES string of the molecule is O=C(CC1CC(NC(=O)OCC2c3ccccc3-c3ccccc32)C1)NC1CCCCC1C(=O)O. The van der Waals surface area contributed by atoms with E-state index in [0.29, 0.717) is 12.8 Å². The van der Waals surface area contributed by atoms with E-state index in [1.807, 2.05) is 24.3 Å². The Bertz CT molecular complexity index is 1060. The van der Waals surface area contributed by atoms with Gasteiger partial charge in [-0.2, -0.15) is 0 Å². The van der Waals surface area contributed by atoms with Gasteiger partial charge in [-0.15, -0.1) is 0 Å². The zero-order chi connectivity index (χ0) is 24.4. The van der Waals surface area contributed by atoms with E-state index in [4.69, 9.17) is 4.74 Å². The number of rotatable bonds is 7. The summed E-state index contributed by atoms with van der Waals surface area (Å²) in [6, 6.07) is 16.2. The van der Waals surface area contributed by atoms with Crippen molar-refractivity contribution in [1.82, 2.24) is 10.6 Å². The number of carbonyl (C=O) groups excluding carboxylic acids is 2. The second kappa shape index (κ2) is 10.1. The topological polar surface area (TPSA) is 105 Å². The molecule has 5 rings (SSSR count). The molecule has 2 atom stereocenters. The minimum Gasteiger partial charge on any atom is -0.481 e. The van der Waals surface area contributed by atoms with Crippen molar-refractivity contribution in [2.24, 2.45) is 11.8 Å². The van der Waals surface area contributed by atoms with Crippen molar-refractivity contribution >= 4 is 18.0 Å². The Labute approximate surface area is 205 Å². The van der Waals surface area contributed by atoms with Gasteiger partial charge >= 0.3 is 12.1 Å². The molecule has 184 valence electrons. The lowest BCUT2D eigenvalue weighted by atomic mass is 9.78. The summed E-state index contributed by atoms with van der Waals surface area (Å²) in [4.78, 5) is 36.3. The van der Waals surface area contributed by atoms with Crippen molar-refractivity contribution in [2.75, 3.05) is 6.61 Å². The molecule has 0 aromatic heterocycles. The van der Waals surface area contributed by atoms with Crippen LogP contribution in [0.3, 0.4) is 0 Å². The van der Waals surface area contributed by atoms with Crippen LogP contribution in [0.2, 0.25) is 0 Å². The van der Waals surface area contributed by atoms with Gasteiger partial charge in [0.05, 0.1) is 5.92 Å². The molecule has 7 heteroatoms. The van der Waals surface area contributed by atoms with Crippen LogP contribution in [0.5, 0.6) is 0 Å². The van der Waals surface area contributed by atoms with E-state index in [2.05, 4.69) is 34.9 Å². The molecule has 2 aromatic rings. The average Bonchev–Trinajstić information content (AvgIpc) is 3.15. The molecular weight excluding hydrogens is 444 g/mol. The average molecular weight is 477 g/mol. The number of benzene rings is 2. The van der Waals surface area contributed by atoms with Gasteiger partial charge in [-0.3, -0.25) is 9.59 Å². The number of amides is 2. The molecular formula is C28H32N2O5. The fourth-order valence-corrected chi connectivity index (χ4v) is 5.95. The first-order chi connectivity index (χ1) is 17.0. The summed E-state index contributed by atoms with van der Waals surface area (Å²) in [5.74, 6) is -1.18. The highest BCUT2D eigenvalue weighted by molar-refractivity contribution is 5.80. The van der Waals surface area contributed by atoms with Crippen molar-refractivity contribution in [2.45, 2.75) is 62.9 Å². The van der Waals surface area contributed by atoms with Gasteiger partial charge in [0, 0.05) is 24.4 Å². The fraction of sp³-hybridized carbons (Fsp3) is 0.464. The Morgan fingerprint density at radius 2 is 1.51 bits per heavy atom. The van der Waals surface area contributed by atoms with Crippen molar-refractivity contribution in [1.29, 1.82) is 0 Å². The normalized spacial score (nSPS) is 25.0. The zero-order valence-electron chi connectivity index (χ0n) is 19.7. The number of carboxylic acids is 1. The van der Waals surface area contributed by atoms with Crippen molar-refractivity contribution in [3.63, 3.8) is 0 Å². The van der Waals surface area contributed by atoms with Crippen LogP contribution in [0.15, 0.2) is 48.5 Å². The Morgan fingerprint density at radius 3 is 2.17 bits per heavy atom. The predicted molar refractivity (Wildman–Crippen MR) is 131 cm³/mol. The number of ether oxygens (including phenoxy) is 1. The number of carboxylic acid groups (broad SMARTS) is 1. The van der Waals surface area contributed by atoms with Crippen LogP contribution in [0.25, 0.3) is 11.1 Å². The zero-order valence-corrected chi connectivity index (χ0v) is 19.7. The minimum atomic E-state index is -0.828. The van der Waals surface area contributed by atoms with E-state index in [9.17, 15) is 19.5 Å². The molecule has 0 spiro atoms. The van der Waals surface area contributed by atoms with Crippen LogP contribution in [0.4, 0.5) is 4.79 Å². The van der Waals surface area contributed by atoms with Crippen molar-refractivity contribution < 1.29 is 24.2 Å². The number of nitrogens with one attached hydrogen (secondary N) is 2. The quantitative estimate of drug-likeness (QED) is 0.548. The minimum absolute atomic E-state index is 0.00454. The third kappa shape index (κ3) is 5.04. The first-order valence-corrected chi connectivity index (χ1v) is 12.6. The number of alkyl carbamates (subject to hydrolysis) is 1. The lowest BCUT2D eigenvalue weighted by Crippen LogP contribution is -2.48. The summed E-state index contributed by atoms with van der Waals surface area (Å²) in [5.41, 5.74) is 4.75. The molecule has 0 bridgehead atoms. The largest absolute Gasteiger partial charge is 0.481 e. The number of hydrogen-bond donors (Lipinski definition) is 3. The lowest BCUT2D eigenvalue weighted by molar-refractivity contribution is -0.144. The van der Waals surface area contributed by atoms with Gasteiger partial charge in [-0.1, -0.05) is 61.4 Å². The van der Waals surface area contributed by atoms with Gasteiger partial charge in [0.25, 0.3) is 0 Å². The first-order valence-electron chi connectivity index (χ1n) is 12.6. The molecule has 0 saturated heterocycles. The van der Waals surface area contributed by atoms with Gasteiger partial charge < -0.3 is 20.5 Å². The fourth-order valence-electron chi connectivity index (χ4n) is 5.95. The number of aliphatic carboxylic acids is 1. The third-order valence-electron chi connectivity index (χ3n) is 7.80. The molecule has 3 aliphatic carbocycles. The van der Waals surface area contributed by atoms with Gasteiger partial charge in [-0.05, 0) is 53.9 Å². The Morgan fingerprint density at radius 1 is 0.886 bits per heavy atom. The van der Waals surface area contributed by atoms with E-state index in [1.54, 1.807) is 0 Å². The van der Waals surface area contributed by atoms with E-state index in [0.717, 1.165) is 32.1 Å². The maximum atomic E-state index is 12.5. The standard InChI is InChI=1S/C28H32N2O5/c31-26(30-25-12-6-5-11-23(25)27(32)33)15-17-13-18(14-17)29-28(34)35-16-24-21-9-3-1-7-19(21)20-8-2-4-10-22(20)24/h1-4,7-10,17-18,23-25H,5-6,11-16H2,(H,29,34)(H,30,31)(H,32,33). The predicted octanol–water partition coefficient (Wildman–Crippen LogP) is 4.45. The summed E-state index contributed by atoms with van der Waals surface area (Å²) in [7, 11) is 0. The molecule has 2 saturated carbocycles. The highest BCUT2D eigenvalue weighted by Crippen LogP contribution is 2.44. The van der Waals surface area contributed by atoms with E-state index < -0.39 is 18.0 Å². The summed E-state index contributed by atoms with van der Waals surface area (Å²) < 4.78 is 5.61. The van der Waals surface area contributed by atoms with Crippen LogP contribution in [-0.2, 0) is 14.3 Å². The molecule has 3 N–H and O–H groups in total. The Balaban J connectivity index is 1.06. The third-order valence-corrected chi connectivity index (χ3v) is 7.80. The van der Waals surface area contributed by atoms with E-state index >= 15 is 0 Å². The molecule has 2 amide bonds. The molecule has 2 fully saturated rings. The van der Waals surface area contributed by atoms with E-state index in [-0.39, 0.29) is 36.4 Å². The second-order valence-corrected chi connectivity index (χ2v) is 10.1. The number of fused-ring (bicyclic) bond motifs is 3. The highest BCUT2D eigenvalue weighted by Gasteiger charge is 2.36. The van der Waals surface area contributed by atoms with Crippen LogP contribution >= 0.6 is 0 Å². The van der Waals surface area contributed by atoms with Gasteiger partial charge in [0.2, 0.25) is 5.91 Å². The monoisotopic (exact) mass is 476 g/mol. The molecule has 7 nitrogen and oxygen atoms in total. The van der Waals surface area contributed by atoms with Crippen LogP contribution in [0.1, 0.15) is 62.0 Å². The summed E-state index contributed by atoms with van der Waals surface area (Å²) >= 11 is 0. The first kappa shape index (κ1) is 23.4. The molecule has 35 heavy (non-hydrogen) atoms. The Hall–Kier alpha value is -3.35. The number of hydrogen-bond acceptors (Lipinski definition) is 4.